The van der Waals surface area contributed by atoms with Crippen molar-refractivity contribution in [3.05, 3.63) is 29.3 Å². The van der Waals surface area contributed by atoms with Crippen molar-refractivity contribution < 1.29 is 14.6 Å². The average Bonchev–Trinajstić information content (AvgIpc) is 2.38. The molecule has 0 spiro atoms. The molecule has 0 amide bonds. The minimum Gasteiger partial charge on any atom is -0.480 e. The van der Waals surface area contributed by atoms with Crippen LogP contribution in [0.15, 0.2) is 24.3 Å². The predicted octanol–water partition coefficient (Wildman–Crippen LogP) is 2.63. The van der Waals surface area contributed by atoms with Gasteiger partial charge in [0.2, 0.25) is 0 Å². The third-order valence-corrected chi connectivity index (χ3v) is 3.35. The molecule has 2 unspecified atom stereocenters. The van der Waals surface area contributed by atoms with E-state index in [9.17, 15) is 9.90 Å². The molecule has 0 bridgehead atoms. The Morgan fingerprint density at radius 2 is 2.17 bits per heavy atom. The molecule has 1 aliphatic heterocycles. The van der Waals surface area contributed by atoms with Crippen LogP contribution in [0, 0.1) is 5.92 Å². The summed E-state index contributed by atoms with van der Waals surface area (Å²) in [6.07, 6.45) is 1.79. The normalized spacial score (nSPS) is 21.3. The zero-order valence-electron chi connectivity index (χ0n) is 9.93. The molecule has 5 heteroatoms. The standard InChI is InChI=1S/C13H16ClNO3/c14-10-3-5-11(6-4-10)15-12(13(16)17)9-2-1-7-18-8-9/h3-6,9,12,15H,1-2,7-8H2,(H,16,17). The number of benzene rings is 1. The Bertz CT molecular complexity index is 401. The SMILES string of the molecule is O=C(O)C(Nc1ccc(Cl)cc1)C1CCCOC1. The van der Waals surface area contributed by atoms with E-state index in [-0.39, 0.29) is 5.92 Å². The first kappa shape index (κ1) is 13.2. The van der Waals surface area contributed by atoms with Gasteiger partial charge in [0.25, 0.3) is 0 Å². The van der Waals surface area contributed by atoms with Gasteiger partial charge in [0, 0.05) is 23.2 Å². The highest BCUT2D eigenvalue weighted by atomic mass is 35.5. The molecule has 2 atom stereocenters. The molecule has 18 heavy (non-hydrogen) atoms. The molecular weight excluding hydrogens is 254 g/mol. The molecule has 1 saturated heterocycles. The lowest BCUT2D eigenvalue weighted by Gasteiger charge is -2.28. The molecule has 0 radical (unpaired) electrons. The summed E-state index contributed by atoms with van der Waals surface area (Å²) in [5.41, 5.74) is 0.761. The summed E-state index contributed by atoms with van der Waals surface area (Å²) in [6.45, 7) is 1.22. The van der Waals surface area contributed by atoms with Crippen LogP contribution < -0.4 is 5.32 Å². The van der Waals surface area contributed by atoms with Gasteiger partial charge >= 0.3 is 5.97 Å². The van der Waals surface area contributed by atoms with E-state index in [0.717, 1.165) is 25.1 Å². The lowest BCUT2D eigenvalue weighted by molar-refractivity contribution is -0.140. The van der Waals surface area contributed by atoms with Crippen molar-refractivity contribution in [3.63, 3.8) is 0 Å². The molecule has 2 N–H and O–H groups in total. The number of carboxylic acids is 1. The molecular formula is C13H16ClNO3. The van der Waals surface area contributed by atoms with Crippen LogP contribution >= 0.6 is 11.6 Å². The van der Waals surface area contributed by atoms with Crippen molar-refractivity contribution in [3.8, 4) is 0 Å². The Labute approximate surface area is 111 Å². The number of anilines is 1. The van der Waals surface area contributed by atoms with Gasteiger partial charge in [0.05, 0.1) is 6.61 Å². The summed E-state index contributed by atoms with van der Waals surface area (Å²) in [7, 11) is 0. The van der Waals surface area contributed by atoms with Crippen molar-refractivity contribution >= 4 is 23.3 Å². The van der Waals surface area contributed by atoms with E-state index in [1.165, 1.54) is 0 Å². The number of ether oxygens (including phenoxy) is 1. The molecule has 4 nitrogen and oxygen atoms in total. The van der Waals surface area contributed by atoms with Crippen LogP contribution in [0.1, 0.15) is 12.8 Å². The van der Waals surface area contributed by atoms with Crippen LogP contribution in [0.3, 0.4) is 0 Å². The maximum Gasteiger partial charge on any atom is 0.326 e. The maximum absolute atomic E-state index is 11.3. The van der Waals surface area contributed by atoms with Gasteiger partial charge < -0.3 is 15.2 Å². The van der Waals surface area contributed by atoms with Gasteiger partial charge in [-0.1, -0.05) is 11.6 Å². The van der Waals surface area contributed by atoms with Gasteiger partial charge in [-0.2, -0.15) is 0 Å². The van der Waals surface area contributed by atoms with E-state index >= 15 is 0 Å². The quantitative estimate of drug-likeness (QED) is 0.882. The minimum atomic E-state index is -0.847. The van der Waals surface area contributed by atoms with Crippen LogP contribution in [0.5, 0.6) is 0 Å². The van der Waals surface area contributed by atoms with Crippen molar-refractivity contribution in [2.75, 3.05) is 18.5 Å². The van der Waals surface area contributed by atoms with Crippen molar-refractivity contribution in [1.29, 1.82) is 0 Å². The van der Waals surface area contributed by atoms with Crippen molar-refractivity contribution in [1.82, 2.24) is 0 Å². The number of nitrogens with one attached hydrogen (secondary N) is 1. The maximum atomic E-state index is 11.3. The molecule has 0 aliphatic carbocycles. The van der Waals surface area contributed by atoms with E-state index in [4.69, 9.17) is 16.3 Å². The third-order valence-electron chi connectivity index (χ3n) is 3.10. The number of hydrogen-bond donors (Lipinski definition) is 2. The number of carboxylic acid groups (broad SMARTS) is 1. The lowest BCUT2D eigenvalue weighted by Crippen LogP contribution is -2.40. The fourth-order valence-corrected chi connectivity index (χ4v) is 2.26. The largest absolute Gasteiger partial charge is 0.480 e. The number of halogens is 1. The van der Waals surface area contributed by atoms with Crippen LogP contribution in [0.2, 0.25) is 5.02 Å². The number of hydrogen-bond acceptors (Lipinski definition) is 3. The lowest BCUT2D eigenvalue weighted by atomic mass is 9.93. The second kappa shape index (κ2) is 6.07. The Morgan fingerprint density at radius 3 is 2.72 bits per heavy atom. The topological polar surface area (TPSA) is 58.6 Å². The van der Waals surface area contributed by atoms with Crippen molar-refractivity contribution in [2.24, 2.45) is 5.92 Å². The summed E-state index contributed by atoms with van der Waals surface area (Å²) < 4.78 is 5.35. The number of rotatable bonds is 4. The first-order valence-corrected chi connectivity index (χ1v) is 6.37. The van der Waals surface area contributed by atoms with Gasteiger partial charge in [0.15, 0.2) is 0 Å². The third kappa shape index (κ3) is 3.37. The monoisotopic (exact) mass is 269 g/mol. The Balaban J connectivity index is 2.05. The van der Waals surface area contributed by atoms with Gasteiger partial charge in [-0.25, -0.2) is 4.79 Å². The molecule has 1 aliphatic rings. The number of carbonyl (C=O) groups is 1. The zero-order chi connectivity index (χ0) is 13.0. The highest BCUT2D eigenvalue weighted by Crippen LogP contribution is 2.22. The molecule has 98 valence electrons. The first-order valence-electron chi connectivity index (χ1n) is 5.99. The van der Waals surface area contributed by atoms with E-state index in [1.807, 2.05) is 0 Å². The smallest absolute Gasteiger partial charge is 0.326 e. The summed E-state index contributed by atoms with van der Waals surface area (Å²) in [5.74, 6) is -0.840. The first-order chi connectivity index (χ1) is 8.66. The van der Waals surface area contributed by atoms with Gasteiger partial charge in [-0.3, -0.25) is 0 Å². The predicted molar refractivity (Wildman–Crippen MR) is 70.0 cm³/mol. The second-order valence-electron chi connectivity index (χ2n) is 4.44. The Morgan fingerprint density at radius 1 is 1.44 bits per heavy atom. The molecule has 2 rings (SSSR count). The highest BCUT2D eigenvalue weighted by molar-refractivity contribution is 6.30. The summed E-state index contributed by atoms with van der Waals surface area (Å²) in [6, 6.07) is 6.41. The van der Waals surface area contributed by atoms with Crippen LogP contribution in [-0.2, 0) is 9.53 Å². The molecule has 1 fully saturated rings. The zero-order valence-corrected chi connectivity index (χ0v) is 10.7. The average molecular weight is 270 g/mol. The highest BCUT2D eigenvalue weighted by Gasteiger charge is 2.29. The Kier molecular flexibility index (Phi) is 4.44. The molecule has 1 aromatic carbocycles. The molecule has 1 aromatic rings. The Hall–Kier alpha value is -1.26. The summed E-state index contributed by atoms with van der Waals surface area (Å²) in [4.78, 5) is 11.3. The van der Waals surface area contributed by atoms with E-state index in [2.05, 4.69) is 5.32 Å². The van der Waals surface area contributed by atoms with E-state index in [0.29, 0.717) is 11.6 Å². The molecule has 0 aromatic heterocycles. The fraction of sp³-hybridized carbons (Fsp3) is 0.462. The second-order valence-corrected chi connectivity index (χ2v) is 4.88. The molecule has 0 saturated carbocycles. The fourth-order valence-electron chi connectivity index (χ4n) is 2.14. The van der Waals surface area contributed by atoms with Gasteiger partial charge in [-0.05, 0) is 37.1 Å². The summed E-state index contributed by atoms with van der Waals surface area (Å²) in [5, 5.41) is 13.0. The minimum absolute atomic E-state index is 0.00641. The summed E-state index contributed by atoms with van der Waals surface area (Å²) >= 11 is 5.80. The van der Waals surface area contributed by atoms with Crippen molar-refractivity contribution in [2.45, 2.75) is 18.9 Å². The van der Waals surface area contributed by atoms with Gasteiger partial charge in [-0.15, -0.1) is 0 Å². The van der Waals surface area contributed by atoms with Crippen LogP contribution in [0.25, 0.3) is 0 Å². The number of aliphatic carboxylic acids is 1. The van der Waals surface area contributed by atoms with E-state index < -0.39 is 12.0 Å². The molecule has 1 heterocycles. The van der Waals surface area contributed by atoms with Gasteiger partial charge in [0.1, 0.15) is 6.04 Å². The van der Waals surface area contributed by atoms with E-state index in [1.54, 1.807) is 24.3 Å². The van der Waals surface area contributed by atoms with Crippen LogP contribution in [0.4, 0.5) is 5.69 Å². The van der Waals surface area contributed by atoms with Crippen LogP contribution in [-0.4, -0.2) is 30.3 Å².